The maximum atomic E-state index is 12.2. The summed E-state index contributed by atoms with van der Waals surface area (Å²) in [5.41, 5.74) is 1.65. The Hall–Kier alpha value is -2.91. The van der Waals surface area contributed by atoms with Crippen LogP contribution in [0.15, 0.2) is 52.9 Å². The zero-order valence-electron chi connectivity index (χ0n) is 15.3. The van der Waals surface area contributed by atoms with Gasteiger partial charge < -0.3 is 15.4 Å². The molecule has 2 N–H and O–H groups in total. The zero-order chi connectivity index (χ0) is 19.9. The largest absolute Gasteiger partial charge is 0.495 e. The van der Waals surface area contributed by atoms with E-state index in [0.29, 0.717) is 27.2 Å². The maximum Gasteiger partial charge on any atom is 0.266 e. The number of benzene rings is 1. The van der Waals surface area contributed by atoms with Gasteiger partial charge in [-0.15, -0.1) is 21.5 Å². The molecule has 0 unspecified atom stereocenters. The lowest BCUT2D eigenvalue weighted by atomic mass is 10.2. The molecule has 0 saturated carbocycles. The Morgan fingerprint density at radius 2 is 2.00 bits per heavy atom. The molecule has 0 aliphatic rings. The monoisotopic (exact) mass is 414 g/mol. The molecule has 0 bridgehead atoms. The topological polar surface area (TPSA) is 93.2 Å². The second-order valence-electron chi connectivity index (χ2n) is 5.73. The van der Waals surface area contributed by atoms with Crippen LogP contribution in [-0.4, -0.2) is 34.9 Å². The van der Waals surface area contributed by atoms with Gasteiger partial charge in [-0.2, -0.15) is 0 Å². The van der Waals surface area contributed by atoms with E-state index < -0.39 is 0 Å². The number of amides is 2. The van der Waals surface area contributed by atoms with Crippen LogP contribution in [0.1, 0.15) is 15.2 Å². The van der Waals surface area contributed by atoms with Gasteiger partial charge in [0.05, 0.1) is 23.4 Å². The normalized spacial score (nSPS) is 10.4. The van der Waals surface area contributed by atoms with Crippen LogP contribution in [-0.2, 0) is 4.79 Å². The number of carbonyl (C=O) groups excluding carboxylic acids is 2. The molecule has 0 atom stereocenters. The maximum absolute atomic E-state index is 12.2. The molecule has 1 aromatic carbocycles. The quantitative estimate of drug-likeness (QED) is 0.571. The first-order valence-electron chi connectivity index (χ1n) is 8.31. The van der Waals surface area contributed by atoms with E-state index in [1.165, 1.54) is 23.1 Å². The third kappa shape index (κ3) is 5.30. The minimum atomic E-state index is -0.226. The number of rotatable bonds is 7. The number of hydrogen-bond acceptors (Lipinski definition) is 7. The molecule has 0 radical (unpaired) electrons. The number of nitrogens with one attached hydrogen (secondary N) is 2. The molecule has 7 nitrogen and oxygen atoms in total. The van der Waals surface area contributed by atoms with Crippen molar-refractivity contribution < 1.29 is 14.3 Å². The number of anilines is 2. The van der Waals surface area contributed by atoms with Gasteiger partial charge in [0.15, 0.2) is 5.82 Å². The van der Waals surface area contributed by atoms with Crippen molar-refractivity contribution in [3.05, 3.63) is 58.3 Å². The fourth-order valence-corrected chi connectivity index (χ4v) is 3.53. The minimum absolute atomic E-state index is 0.173. The van der Waals surface area contributed by atoms with Gasteiger partial charge in [0.2, 0.25) is 5.91 Å². The number of aryl methyl sites for hydroxylation is 1. The Morgan fingerprint density at radius 1 is 1.14 bits per heavy atom. The minimum Gasteiger partial charge on any atom is -0.495 e. The molecular weight excluding hydrogens is 396 g/mol. The summed E-state index contributed by atoms with van der Waals surface area (Å²) in [6.45, 7) is 1.94. The van der Waals surface area contributed by atoms with Crippen LogP contribution in [0.25, 0.3) is 0 Å². The molecule has 3 rings (SSSR count). The molecule has 0 aliphatic heterocycles. The Bertz CT molecular complexity index is 960. The van der Waals surface area contributed by atoms with Gasteiger partial charge in [-0.1, -0.05) is 23.9 Å². The molecule has 9 heteroatoms. The molecule has 2 amide bonds. The van der Waals surface area contributed by atoms with Gasteiger partial charge in [-0.3, -0.25) is 9.59 Å². The number of thiophene rings is 1. The fourth-order valence-electron chi connectivity index (χ4n) is 2.29. The number of thioether (sulfide) groups is 1. The fraction of sp³-hybridized carbons (Fsp3) is 0.158. The predicted octanol–water partition coefficient (Wildman–Crippen LogP) is 3.84. The highest BCUT2D eigenvalue weighted by Gasteiger charge is 2.11. The van der Waals surface area contributed by atoms with E-state index in [1.807, 2.05) is 36.6 Å². The highest BCUT2D eigenvalue weighted by atomic mass is 32.2. The molecule has 28 heavy (non-hydrogen) atoms. The highest BCUT2D eigenvalue weighted by Crippen LogP contribution is 2.25. The zero-order valence-corrected chi connectivity index (χ0v) is 16.9. The SMILES string of the molecule is COc1ccc(C)cc1NC(=O)CSc1ccc(NC(=O)c2cccs2)nn1. The second-order valence-corrected chi connectivity index (χ2v) is 7.67. The molecule has 0 saturated heterocycles. The van der Waals surface area contributed by atoms with Crippen molar-refractivity contribution in [2.75, 3.05) is 23.5 Å². The van der Waals surface area contributed by atoms with Crippen LogP contribution in [0.2, 0.25) is 0 Å². The Kier molecular flexibility index (Phi) is 6.62. The van der Waals surface area contributed by atoms with E-state index >= 15 is 0 Å². The van der Waals surface area contributed by atoms with Crippen LogP contribution in [0, 0.1) is 6.92 Å². The number of aromatic nitrogens is 2. The molecule has 0 fully saturated rings. The van der Waals surface area contributed by atoms with E-state index in [-0.39, 0.29) is 17.6 Å². The summed E-state index contributed by atoms with van der Waals surface area (Å²) in [6.07, 6.45) is 0. The van der Waals surface area contributed by atoms with E-state index in [4.69, 9.17) is 4.74 Å². The summed E-state index contributed by atoms with van der Waals surface area (Å²) >= 11 is 2.60. The molecular formula is C19H18N4O3S2. The predicted molar refractivity (Wildman–Crippen MR) is 111 cm³/mol. The standard InChI is InChI=1S/C19H18N4O3S2/c1-12-5-6-14(26-2)13(10-12)20-17(24)11-28-18-8-7-16(22-23-18)21-19(25)15-4-3-9-27-15/h3-10H,11H2,1-2H3,(H,20,24)(H,21,22,25). The molecule has 0 spiro atoms. The third-order valence-corrected chi connectivity index (χ3v) is 5.40. The first-order valence-corrected chi connectivity index (χ1v) is 10.2. The first kappa shape index (κ1) is 19.8. The lowest BCUT2D eigenvalue weighted by Gasteiger charge is -2.10. The molecule has 0 aliphatic carbocycles. The van der Waals surface area contributed by atoms with E-state index in [1.54, 1.807) is 25.3 Å². The van der Waals surface area contributed by atoms with Gasteiger partial charge in [-0.25, -0.2) is 0 Å². The van der Waals surface area contributed by atoms with Gasteiger partial charge in [0, 0.05) is 0 Å². The van der Waals surface area contributed by atoms with Gasteiger partial charge >= 0.3 is 0 Å². The van der Waals surface area contributed by atoms with Crippen molar-refractivity contribution in [2.24, 2.45) is 0 Å². The number of methoxy groups -OCH3 is 1. The van der Waals surface area contributed by atoms with Crippen LogP contribution in [0.5, 0.6) is 5.75 Å². The molecule has 2 aromatic heterocycles. The van der Waals surface area contributed by atoms with Crippen LogP contribution < -0.4 is 15.4 Å². The van der Waals surface area contributed by atoms with Crippen molar-refractivity contribution in [3.8, 4) is 5.75 Å². The Balaban J connectivity index is 1.52. The van der Waals surface area contributed by atoms with Crippen molar-refractivity contribution in [3.63, 3.8) is 0 Å². The summed E-state index contributed by atoms with van der Waals surface area (Å²) in [5.74, 6) is 0.736. The summed E-state index contributed by atoms with van der Waals surface area (Å²) in [6, 6.07) is 12.5. The van der Waals surface area contributed by atoms with E-state index in [9.17, 15) is 9.59 Å². The molecule has 3 aromatic rings. The number of ether oxygens (including phenoxy) is 1. The lowest BCUT2D eigenvalue weighted by Crippen LogP contribution is -2.15. The average Bonchev–Trinajstić information content (AvgIpc) is 3.23. The smallest absolute Gasteiger partial charge is 0.266 e. The summed E-state index contributed by atoms with van der Waals surface area (Å²) in [4.78, 5) is 24.8. The van der Waals surface area contributed by atoms with Crippen molar-refractivity contribution in [1.82, 2.24) is 10.2 Å². The summed E-state index contributed by atoms with van der Waals surface area (Å²) in [5, 5.41) is 16.0. The average molecular weight is 415 g/mol. The van der Waals surface area contributed by atoms with Gasteiger partial charge in [-0.05, 0) is 48.2 Å². The van der Waals surface area contributed by atoms with Crippen molar-refractivity contribution >= 4 is 46.4 Å². The molecule has 144 valence electrons. The number of carbonyl (C=O) groups is 2. The van der Waals surface area contributed by atoms with Crippen molar-refractivity contribution in [2.45, 2.75) is 11.9 Å². The third-order valence-electron chi connectivity index (χ3n) is 3.61. The molecule has 2 heterocycles. The lowest BCUT2D eigenvalue weighted by molar-refractivity contribution is -0.113. The van der Waals surface area contributed by atoms with E-state index in [2.05, 4.69) is 20.8 Å². The summed E-state index contributed by atoms with van der Waals surface area (Å²) in [7, 11) is 1.56. The van der Waals surface area contributed by atoms with Crippen LogP contribution in [0.4, 0.5) is 11.5 Å². The highest BCUT2D eigenvalue weighted by molar-refractivity contribution is 7.99. The van der Waals surface area contributed by atoms with Crippen molar-refractivity contribution in [1.29, 1.82) is 0 Å². The van der Waals surface area contributed by atoms with E-state index in [0.717, 1.165) is 5.56 Å². The number of nitrogens with zero attached hydrogens (tertiary/aromatic N) is 2. The van der Waals surface area contributed by atoms with Gasteiger partial charge in [0.25, 0.3) is 5.91 Å². The first-order chi connectivity index (χ1) is 13.5. The Morgan fingerprint density at radius 3 is 2.68 bits per heavy atom. The van der Waals surface area contributed by atoms with Crippen LogP contribution in [0.3, 0.4) is 0 Å². The summed E-state index contributed by atoms with van der Waals surface area (Å²) < 4.78 is 5.26. The number of hydrogen-bond donors (Lipinski definition) is 2. The second kappa shape index (κ2) is 9.34. The van der Waals surface area contributed by atoms with Crippen LogP contribution >= 0.6 is 23.1 Å². The Labute approximate surface area is 170 Å². The van der Waals surface area contributed by atoms with Gasteiger partial charge in [0.1, 0.15) is 10.8 Å².